The summed E-state index contributed by atoms with van der Waals surface area (Å²) in [4.78, 5) is 12.8. The molecule has 0 atom stereocenters. The Bertz CT molecular complexity index is 1220. The molecule has 0 aliphatic carbocycles. The van der Waals surface area contributed by atoms with Gasteiger partial charge in [0.25, 0.3) is 0 Å². The second kappa shape index (κ2) is 6.00. The van der Waals surface area contributed by atoms with Crippen LogP contribution in [0.25, 0.3) is 21.9 Å². The molecular weight excluding hydrogens is 356 g/mol. The Hall–Kier alpha value is -3.11. The van der Waals surface area contributed by atoms with E-state index in [1.54, 1.807) is 36.3 Å². The van der Waals surface area contributed by atoms with Crippen LogP contribution in [-0.2, 0) is 16.6 Å². The largest absolute Gasteiger partial charge is 0.481 e. The van der Waals surface area contributed by atoms with E-state index in [2.05, 4.69) is 20.1 Å². The molecule has 10 heteroatoms. The van der Waals surface area contributed by atoms with Crippen LogP contribution in [-0.4, -0.2) is 40.3 Å². The van der Waals surface area contributed by atoms with E-state index in [0.29, 0.717) is 23.8 Å². The first-order chi connectivity index (χ1) is 12.5. The van der Waals surface area contributed by atoms with Gasteiger partial charge >= 0.3 is 0 Å². The Morgan fingerprint density at radius 3 is 2.65 bits per heavy atom. The molecule has 4 aromatic heterocycles. The molecule has 0 aromatic carbocycles. The highest BCUT2D eigenvalue weighted by Gasteiger charge is 2.12. The van der Waals surface area contributed by atoms with Gasteiger partial charge in [0.05, 0.1) is 31.1 Å². The third-order valence-corrected chi connectivity index (χ3v) is 4.84. The molecule has 0 unspecified atom stereocenters. The minimum Gasteiger partial charge on any atom is -0.481 e. The summed E-state index contributed by atoms with van der Waals surface area (Å²) in [6, 6.07) is 6.68. The predicted molar refractivity (Wildman–Crippen MR) is 94.1 cm³/mol. The first-order valence-electron chi connectivity index (χ1n) is 7.59. The normalized spacial score (nSPS) is 11.9. The first kappa shape index (κ1) is 16.4. The van der Waals surface area contributed by atoms with E-state index >= 15 is 0 Å². The van der Waals surface area contributed by atoms with Crippen LogP contribution in [0.1, 0.15) is 5.69 Å². The molecule has 0 spiro atoms. The molecule has 4 rings (SSSR count). The molecule has 4 heterocycles. The van der Waals surface area contributed by atoms with Gasteiger partial charge in [-0.1, -0.05) is 0 Å². The molecule has 26 heavy (non-hydrogen) atoms. The van der Waals surface area contributed by atoms with Gasteiger partial charge in [-0.25, -0.2) is 18.5 Å². The molecule has 0 amide bonds. The van der Waals surface area contributed by atoms with Crippen LogP contribution in [0.5, 0.6) is 5.88 Å². The van der Waals surface area contributed by atoms with Crippen molar-refractivity contribution in [2.45, 2.75) is 11.4 Å². The molecule has 0 aliphatic heterocycles. The predicted octanol–water partition coefficient (Wildman–Crippen LogP) is 1.08. The zero-order valence-electron chi connectivity index (χ0n) is 13.7. The van der Waals surface area contributed by atoms with E-state index in [0.717, 1.165) is 16.3 Å². The van der Waals surface area contributed by atoms with Gasteiger partial charge in [0.2, 0.25) is 15.9 Å². The number of aromatic nitrogens is 5. The Balaban J connectivity index is 1.78. The molecule has 0 bridgehead atoms. The highest BCUT2D eigenvalue weighted by Crippen LogP contribution is 2.24. The maximum atomic E-state index is 11.3. The third-order valence-electron chi connectivity index (χ3n) is 3.95. The van der Waals surface area contributed by atoms with Gasteiger partial charge in [-0.05, 0) is 18.2 Å². The number of fused-ring (bicyclic) bond motifs is 3. The van der Waals surface area contributed by atoms with E-state index in [9.17, 15) is 8.42 Å². The summed E-state index contributed by atoms with van der Waals surface area (Å²) in [5.74, 6) is 0.482. The maximum absolute atomic E-state index is 11.3. The van der Waals surface area contributed by atoms with Crippen molar-refractivity contribution < 1.29 is 13.2 Å². The number of primary sulfonamides is 1. The van der Waals surface area contributed by atoms with Crippen LogP contribution < -0.4 is 9.88 Å². The summed E-state index contributed by atoms with van der Waals surface area (Å²) in [6.45, 7) is 0.361. The summed E-state index contributed by atoms with van der Waals surface area (Å²) < 4.78 is 29.6. The van der Waals surface area contributed by atoms with Crippen molar-refractivity contribution >= 4 is 32.0 Å². The van der Waals surface area contributed by atoms with E-state index in [4.69, 9.17) is 9.88 Å². The van der Waals surface area contributed by atoms with Crippen LogP contribution in [0, 0.1) is 0 Å². The lowest BCUT2D eigenvalue weighted by molar-refractivity contribution is 0.399. The number of hydrogen-bond donors (Lipinski definition) is 1. The SMILES string of the molecule is COc1ccc2c(ncc3cnn(Cc4ccc(S(N)(=O)=O)cn4)c32)n1. The zero-order chi connectivity index (χ0) is 18.3. The molecule has 0 saturated heterocycles. The third kappa shape index (κ3) is 2.85. The van der Waals surface area contributed by atoms with Crippen molar-refractivity contribution in [1.29, 1.82) is 0 Å². The molecule has 2 N–H and O–H groups in total. The number of sulfonamides is 1. The lowest BCUT2D eigenvalue weighted by Crippen LogP contribution is -2.13. The number of nitrogens with two attached hydrogens (primary N) is 1. The molecule has 4 aromatic rings. The van der Waals surface area contributed by atoms with E-state index < -0.39 is 10.0 Å². The number of ether oxygens (including phenoxy) is 1. The van der Waals surface area contributed by atoms with Crippen molar-refractivity contribution in [2.75, 3.05) is 7.11 Å². The lowest BCUT2D eigenvalue weighted by atomic mass is 10.2. The second-order valence-corrected chi connectivity index (χ2v) is 7.18. The molecular formula is C16H14N6O3S. The molecule has 0 saturated carbocycles. The Morgan fingerprint density at radius 2 is 1.96 bits per heavy atom. The minimum absolute atomic E-state index is 0.0301. The average Bonchev–Trinajstić information content (AvgIpc) is 3.04. The van der Waals surface area contributed by atoms with Crippen LogP contribution in [0.4, 0.5) is 0 Å². The number of rotatable bonds is 4. The number of nitrogens with zero attached hydrogens (tertiary/aromatic N) is 5. The van der Waals surface area contributed by atoms with Crippen LogP contribution in [0.15, 0.2) is 47.8 Å². The van der Waals surface area contributed by atoms with E-state index in [1.165, 1.54) is 12.3 Å². The maximum Gasteiger partial charge on any atom is 0.239 e. The lowest BCUT2D eigenvalue weighted by Gasteiger charge is -2.07. The molecule has 0 radical (unpaired) electrons. The topological polar surface area (TPSA) is 126 Å². The summed E-state index contributed by atoms with van der Waals surface area (Å²) in [5.41, 5.74) is 2.06. The van der Waals surface area contributed by atoms with Crippen LogP contribution in [0.2, 0.25) is 0 Å². The van der Waals surface area contributed by atoms with Crippen LogP contribution >= 0.6 is 0 Å². The van der Waals surface area contributed by atoms with Crippen LogP contribution in [0.3, 0.4) is 0 Å². The van der Waals surface area contributed by atoms with Gasteiger partial charge in [-0.15, -0.1) is 0 Å². The number of methoxy groups -OCH3 is 1. The van der Waals surface area contributed by atoms with Crippen molar-refractivity contribution in [3.8, 4) is 5.88 Å². The van der Waals surface area contributed by atoms with E-state index in [1.807, 2.05) is 6.07 Å². The van der Waals surface area contributed by atoms with Gasteiger partial charge in [0, 0.05) is 29.2 Å². The molecule has 0 fully saturated rings. The fourth-order valence-electron chi connectivity index (χ4n) is 2.69. The molecule has 132 valence electrons. The quantitative estimate of drug-likeness (QED) is 0.569. The van der Waals surface area contributed by atoms with Crippen molar-refractivity contribution in [3.05, 3.63) is 48.5 Å². The fraction of sp³-hybridized carbons (Fsp3) is 0.125. The Morgan fingerprint density at radius 1 is 1.12 bits per heavy atom. The highest BCUT2D eigenvalue weighted by molar-refractivity contribution is 7.89. The first-order valence-corrected chi connectivity index (χ1v) is 9.13. The highest BCUT2D eigenvalue weighted by atomic mass is 32.2. The van der Waals surface area contributed by atoms with E-state index in [-0.39, 0.29) is 4.90 Å². The Kier molecular flexibility index (Phi) is 3.78. The minimum atomic E-state index is -3.77. The molecule has 0 aliphatic rings. The monoisotopic (exact) mass is 370 g/mol. The Labute approximate surface area is 148 Å². The molecule has 9 nitrogen and oxygen atoms in total. The standard InChI is InChI=1S/C16H14N6O3S/c1-25-14-5-4-13-15-10(6-19-16(13)21-14)7-20-22(15)9-11-2-3-12(8-18-11)26(17,23)24/h2-8H,9H2,1H3,(H2,17,23,24). The smallest absolute Gasteiger partial charge is 0.239 e. The second-order valence-electron chi connectivity index (χ2n) is 5.62. The summed E-state index contributed by atoms with van der Waals surface area (Å²) in [7, 11) is -2.22. The van der Waals surface area contributed by atoms with Gasteiger partial charge in [-0.3, -0.25) is 9.67 Å². The summed E-state index contributed by atoms with van der Waals surface area (Å²) in [5, 5.41) is 11.2. The average molecular weight is 370 g/mol. The van der Waals surface area contributed by atoms with Gasteiger partial charge in [0.15, 0.2) is 5.65 Å². The number of hydrogen-bond acceptors (Lipinski definition) is 7. The van der Waals surface area contributed by atoms with Gasteiger partial charge in [-0.2, -0.15) is 10.1 Å². The van der Waals surface area contributed by atoms with Crippen molar-refractivity contribution in [3.63, 3.8) is 0 Å². The fourth-order valence-corrected chi connectivity index (χ4v) is 3.15. The van der Waals surface area contributed by atoms with Crippen molar-refractivity contribution in [2.24, 2.45) is 5.14 Å². The summed E-state index contributed by atoms with van der Waals surface area (Å²) in [6.07, 6.45) is 4.65. The zero-order valence-corrected chi connectivity index (χ0v) is 14.5. The van der Waals surface area contributed by atoms with Gasteiger partial charge in [0.1, 0.15) is 4.90 Å². The van der Waals surface area contributed by atoms with Gasteiger partial charge < -0.3 is 4.74 Å². The summed E-state index contributed by atoms with van der Waals surface area (Å²) >= 11 is 0. The number of pyridine rings is 3. The van der Waals surface area contributed by atoms with Crippen molar-refractivity contribution in [1.82, 2.24) is 24.7 Å².